The summed E-state index contributed by atoms with van der Waals surface area (Å²) in [6.45, 7) is 5.43. The van der Waals surface area contributed by atoms with Gasteiger partial charge in [-0.25, -0.2) is 13.8 Å². The van der Waals surface area contributed by atoms with Crippen LogP contribution in [0.2, 0.25) is 0 Å². The van der Waals surface area contributed by atoms with Gasteiger partial charge in [-0.3, -0.25) is 9.59 Å². The molecule has 0 spiro atoms. The number of ether oxygens (including phenoxy) is 1. The second kappa shape index (κ2) is 11.4. The Kier molecular flexibility index (Phi) is 8.91. The maximum atomic E-state index is 12.7. The lowest BCUT2D eigenvalue weighted by molar-refractivity contribution is -0.123. The molecule has 9 nitrogen and oxygen atoms in total. The van der Waals surface area contributed by atoms with Gasteiger partial charge in [0.15, 0.2) is 6.61 Å². The van der Waals surface area contributed by atoms with Crippen molar-refractivity contribution in [2.45, 2.75) is 38.1 Å². The molecule has 0 aliphatic rings. The average molecular weight is 461 g/mol. The summed E-state index contributed by atoms with van der Waals surface area (Å²) in [5, 5.41) is 3.91. The fraction of sp³-hybridized carbons (Fsp3) is 0.318. The number of sulfonamides is 1. The molecule has 1 atom stereocenters. The Hall–Kier alpha value is -3.24. The molecule has 0 unspecified atom stereocenters. The molecule has 2 aromatic rings. The molecule has 32 heavy (non-hydrogen) atoms. The minimum atomic E-state index is -3.87. The number of hydrazone groups is 1. The molecule has 0 bridgehead atoms. The summed E-state index contributed by atoms with van der Waals surface area (Å²) in [6.07, 6.45) is 1.72. The number of primary amides is 1. The van der Waals surface area contributed by atoms with E-state index >= 15 is 0 Å². The Morgan fingerprint density at radius 3 is 2.28 bits per heavy atom. The molecule has 4 N–H and O–H groups in total. The van der Waals surface area contributed by atoms with Crippen LogP contribution in [0.4, 0.5) is 0 Å². The Bertz CT molecular complexity index is 1050. The number of aryl methyl sites for hydroxylation is 1. The standard InChI is InChI=1S/C22H28N4O5S/c1-15(2)12-20(26-32(29,30)19-10-4-16(3)5-11-19)22(28)25-24-13-17-6-8-18(9-7-17)31-14-21(23)27/h4-11,13,15,20,26H,12,14H2,1-3H3,(H2,23,27)(H,25,28)/b24-13-/t20-/m0/s1. The van der Waals surface area contributed by atoms with Gasteiger partial charge in [-0.2, -0.15) is 9.82 Å². The van der Waals surface area contributed by atoms with Gasteiger partial charge in [-0.1, -0.05) is 31.5 Å². The summed E-state index contributed by atoms with van der Waals surface area (Å²) in [5.41, 5.74) is 9.01. The molecule has 0 radical (unpaired) electrons. The van der Waals surface area contributed by atoms with Crippen LogP contribution in [0.25, 0.3) is 0 Å². The maximum absolute atomic E-state index is 12.7. The van der Waals surface area contributed by atoms with Crippen molar-refractivity contribution in [3.63, 3.8) is 0 Å². The molecule has 0 aliphatic carbocycles. The molecule has 2 rings (SSSR count). The van der Waals surface area contributed by atoms with Gasteiger partial charge in [0, 0.05) is 0 Å². The minimum absolute atomic E-state index is 0.0726. The molecular formula is C22H28N4O5S. The predicted molar refractivity (Wildman–Crippen MR) is 122 cm³/mol. The first kappa shape index (κ1) is 25.0. The fourth-order valence-electron chi connectivity index (χ4n) is 2.71. The third-order valence-electron chi connectivity index (χ3n) is 4.30. The number of carbonyl (C=O) groups excluding carboxylic acids is 2. The second-order valence-corrected chi connectivity index (χ2v) is 9.39. The van der Waals surface area contributed by atoms with Crippen LogP contribution >= 0.6 is 0 Å². The number of carbonyl (C=O) groups is 2. The van der Waals surface area contributed by atoms with E-state index in [1.54, 1.807) is 36.4 Å². The predicted octanol–water partition coefficient (Wildman–Crippen LogP) is 1.70. The van der Waals surface area contributed by atoms with Gasteiger partial charge >= 0.3 is 0 Å². The van der Waals surface area contributed by atoms with E-state index in [9.17, 15) is 18.0 Å². The van der Waals surface area contributed by atoms with Crippen LogP contribution in [0.15, 0.2) is 58.5 Å². The molecule has 0 aromatic heterocycles. The summed E-state index contributed by atoms with van der Waals surface area (Å²) in [4.78, 5) is 23.4. The van der Waals surface area contributed by atoms with Gasteiger partial charge in [-0.05, 0) is 61.2 Å². The van der Waals surface area contributed by atoms with Crippen molar-refractivity contribution >= 4 is 28.1 Å². The molecule has 10 heteroatoms. The van der Waals surface area contributed by atoms with Crippen LogP contribution in [0.3, 0.4) is 0 Å². The van der Waals surface area contributed by atoms with Gasteiger partial charge in [0.1, 0.15) is 11.8 Å². The summed E-state index contributed by atoms with van der Waals surface area (Å²) in [7, 11) is -3.87. The van der Waals surface area contributed by atoms with Crippen molar-refractivity contribution in [1.82, 2.24) is 10.1 Å². The van der Waals surface area contributed by atoms with Gasteiger partial charge in [0.25, 0.3) is 11.8 Å². The van der Waals surface area contributed by atoms with E-state index in [0.29, 0.717) is 17.7 Å². The van der Waals surface area contributed by atoms with E-state index in [2.05, 4.69) is 15.2 Å². The number of hydrogen-bond acceptors (Lipinski definition) is 6. The first-order valence-electron chi connectivity index (χ1n) is 10.00. The molecule has 2 aromatic carbocycles. The number of rotatable bonds is 11. The number of nitrogens with one attached hydrogen (secondary N) is 2. The number of hydrogen-bond donors (Lipinski definition) is 3. The van der Waals surface area contributed by atoms with Crippen LogP contribution < -0.4 is 20.6 Å². The van der Waals surface area contributed by atoms with Crippen molar-refractivity contribution in [3.05, 3.63) is 59.7 Å². The molecule has 172 valence electrons. The monoisotopic (exact) mass is 460 g/mol. The first-order chi connectivity index (χ1) is 15.1. The lowest BCUT2D eigenvalue weighted by Gasteiger charge is -2.19. The average Bonchev–Trinajstić information content (AvgIpc) is 2.72. The summed E-state index contributed by atoms with van der Waals surface area (Å²) < 4.78 is 33.0. The Balaban J connectivity index is 2.03. The maximum Gasteiger partial charge on any atom is 0.258 e. The number of amides is 2. The van der Waals surface area contributed by atoms with Crippen LogP contribution in [0.5, 0.6) is 5.75 Å². The molecule has 0 saturated heterocycles. The summed E-state index contributed by atoms with van der Waals surface area (Å²) in [5.74, 6) is -0.602. The highest BCUT2D eigenvalue weighted by Gasteiger charge is 2.26. The Morgan fingerprint density at radius 2 is 1.72 bits per heavy atom. The van der Waals surface area contributed by atoms with Gasteiger partial charge in [0.05, 0.1) is 11.1 Å². The van der Waals surface area contributed by atoms with E-state index in [1.807, 2.05) is 20.8 Å². The SMILES string of the molecule is Cc1ccc(S(=O)(=O)N[C@@H](CC(C)C)C(=O)N/N=C\c2ccc(OCC(N)=O)cc2)cc1. The number of nitrogens with two attached hydrogens (primary N) is 1. The highest BCUT2D eigenvalue weighted by atomic mass is 32.2. The van der Waals surface area contributed by atoms with Crippen molar-refractivity contribution in [3.8, 4) is 5.75 Å². The highest BCUT2D eigenvalue weighted by Crippen LogP contribution is 2.14. The lowest BCUT2D eigenvalue weighted by Crippen LogP contribution is -2.46. The molecular weight excluding hydrogens is 432 g/mol. The van der Waals surface area contributed by atoms with E-state index in [1.165, 1.54) is 18.3 Å². The Labute approximate surface area is 188 Å². The van der Waals surface area contributed by atoms with E-state index in [0.717, 1.165) is 5.56 Å². The fourth-order valence-corrected chi connectivity index (χ4v) is 3.91. The van der Waals surface area contributed by atoms with E-state index < -0.39 is 27.9 Å². The van der Waals surface area contributed by atoms with E-state index in [-0.39, 0.29) is 17.4 Å². The smallest absolute Gasteiger partial charge is 0.258 e. The van der Waals surface area contributed by atoms with Crippen molar-refractivity contribution in [2.75, 3.05) is 6.61 Å². The zero-order valence-electron chi connectivity index (χ0n) is 18.2. The van der Waals surface area contributed by atoms with Crippen molar-refractivity contribution in [2.24, 2.45) is 16.8 Å². The third kappa shape index (κ3) is 8.12. The Morgan fingerprint density at radius 1 is 1.09 bits per heavy atom. The normalized spacial score (nSPS) is 12.6. The zero-order valence-corrected chi connectivity index (χ0v) is 19.1. The third-order valence-corrected chi connectivity index (χ3v) is 5.79. The molecule has 0 saturated carbocycles. The largest absolute Gasteiger partial charge is 0.484 e. The van der Waals surface area contributed by atoms with Crippen LogP contribution in [-0.4, -0.2) is 39.1 Å². The first-order valence-corrected chi connectivity index (χ1v) is 11.5. The molecule has 0 fully saturated rings. The number of nitrogens with zero attached hydrogens (tertiary/aromatic N) is 1. The molecule has 0 aliphatic heterocycles. The second-order valence-electron chi connectivity index (χ2n) is 7.67. The van der Waals surface area contributed by atoms with Gasteiger partial charge in [0.2, 0.25) is 10.0 Å². The molecule has 2 amide bonds. The van der Waals surface area contributed by atoms with E-state index in [4.69, 9.17) is 10.5 Å². The summed E-state index contributed by atoms with van der Waals surface area (Å²) in [6, 6.07) is 12.0. The van der Waals surface area contributed by atoms with Crippen LogP contribution in [-0.2, 0) is 19.6 Å². The van der Waals surface area contributed by atoms with Crippen molar-refractivity contribution < 1.29 is 22.7 Å². The van der Waals surface area contributed by atoms with Gasteiger partial charge < -0.3 is 10.5 Å². The highest BCUT2D eigenvalue weighted by molar-refractivity contribution is 7.89. The summed E-state index contributed by atoms with van der Waals surface area (Å²) >= 11 is 0. The lowest BCUT2D eigenvalue weighted by atomic mass is 10.0. The van der Waals surface area contributed by atoms with Crippen LogP contribution in [0, 0.1) is 12.8 Å². The number of benzene rings is 2. The minimum Gasteiger partial charge on any atom is -0.484 e. The van der Waals surface area contributed by atoms with Crippen molar-refractivity contribution in [1.29, 1.82) is 0 Å². The molecule has 0 heterocycles. The topological polar surface area (TPSA) is 140 Å². The van der Waals surface area contributed by atoms with Crippen LogP contribution in [0.1, 0.15) is 31.4 Å². The zero-order chi connectivity index (χ0) is 23.7. The van der Waals surface area contributed by atoms with Gasteiger partial charge in [-0.15, -0.1) is 0 Å². The quantitative estimate of drug-likeness (QED) is 0.346.